The zero-order chi connectivity index (χ0) is 10.1. The van der Waals surface area contributed by atoms with Gasteiger partial charge in [0.25, 0.3) is 0 Å². The Hall–Kier alpha value is -1.42. The van der Waals surface area contributed by atoms with E-state index in [0.29, 0.717) is 4.64 Å². The van der Waals surface area contributed by atoms with Gasteiger partial charge >= 0.3 is 0 Å². The van der Waals surface area contributed by atoms with E-state index in [-0.39, 0.29) is 5.82 Å². The van der Waals surface area contributed by atoms with E-state index in [1.807, 2.05) is 13.0 Å². The molecule has 4 heteroatoms. The molecule has 0 saturated carbocycles. The van der Waals surface area contributed by atoms with Crippen molar-refractivity contribution in [2.24, 2.45) is 0 Å². The van der Waals surface area contributed by atoms with Gasteiger partial charge in [0, 0.05) is 5.69 Å². The number of nitrogens with one attached hydrogen (secondary N) is 1. The summed E-state index contributed by atoms with van der Waals surface area (Å²) >= 11 is 5.13. The topological polar surface area (TPSA) is 20.7 Å². The fraction of sp³-hybridized carbons (Fsp3) is 0.100. The van der Waals surface area contributed by atoms with Crippen molar-refractivity contribution < 1.29 is 4.39 Å². The fourth-order valence-electron chi connectivity index (χ4n) is 1.30. The van der Waals surface area contributed by atoms with Gasteiger partial charge in [-0.25, -0.2) is 9.07 Å². The van der Waals surface area contributed by atoms with Crippen LogP contribution >= 0.6 is 12.2 Å². The second kappa shape index (κ2) is 3.38. The minimum Gasteiger partial charge on any atom is -0.297 e. The molecule has 1 heterocycles. The van der Waals surface area contributed by atoms with Gasteiger partial charge in [0.1, 0.15) is 10.5 Å². The number of nitrogens with zero attached hydrogens (tertiary/aromatic N) is 1. The number of hydrogen-bond donors (Lipinski definition) is 1. The number of benzene rings is 1. The summed E-state index contributed by atoms with van der Waals surface area (Å²) in [5.74, 6) is -0.247. The summed E-state index contributed by atoms with van der Waals surface area (Å²) < 4.78 is 15.1. The van der Waals surface area contributed by atoms with Gasteiger partial charge in [-0.15, -0.1) is 0 Å². The van der Waals surface area contributed by atoms with Crippen LogP contribution < -0.4 is 0 Å². The first-order valence-corrected chi connectivity index (χ1v) is 4.62. The van der Waals surface area contributed by atoms with Crippen molar-refractivity contribution in [2.45, 2.75) is 6.92 Å². The molecule has 0 fully saturated rings. The monoisotopic (exact) mass is 208 g/mol. The smallest absolute Gasteiger partial charge is 0.127 e. The summed E-state index contributed by atoms with van der Waals surface area (Å²) in [6.45, 7) is 1.93. The van der Waals surface area contributed by atoms with Gasteiger partial charge in [-0.05, 0) is 37.3 Å². The summed E-state index contributed by atoms with van der Waals surface area (Å²) in [6, 6.07) is 8.04. The number of halogens is 1. The van der Waals surface area contributed by atoms with Crippen LogP contribution in [0.2, 0.25) is 0 Å². The summed E-state index contributed by atoms with van der Waals surface area (Å²) in [5.41, 5.74) is 1.82. The third-order valence-corrected chi connectivity index (χ3v) is 2.23. The predicted octanol–water partition coefficient (Wildman–Crippen LogP) is 2.98. The Morgan fingerprint density at radius 2 is 1.93 bits per heavy atom. The molecule has 0 aliphatic heterocycles. The molecule has 1 aromatic carbocycles. The van der Waals surface area contributed by atoms with E-state index in [2.05, 4.69) is 5.10 Å². The van der Waals surface area contributed by atoms with Crippen LogP contribution in [0.1, 0.15) is 5.69 Å². The number of rotatable bonds is 1. The quantitative estimate of drug-likeness (QED) is 0.714. The molecule has 0 unspecified atom stereocenters. The number of H-pyrrole nitrogens is 1. The van der Waals surface area contributed by atoms with Gasteiger partial charge in [0.15, 0.2) is 0 Å². The Kier molecular flexibility index (Phi) is 2.21. The van der Waals surface area contributed by atoms with E-state index in [4.69, 9.17) is 12.2 Å². The van der Waals surface area contributed by atoms with Crippen LogP contribution in [0, 0.1) is 17.4 Å². The largest absolute Gasteiger partial charge is 0.297 e. The Bertz CT molecular complexity index is 496. The summed E-state index contributed by atoms with van der Waals surface area (Å²) in [5, 5.41) is 3.07. The van der Waals surface area contributed by atoms with Gasteiger partial charge in [-0.3, -0.25) is 5.10 Å². The normalized spacial score (nSPS) is 10.4. The number of hydrogen-bond acceptors (Lipinski definition) is 1. The Morgan fingerprint density at radius 1 is 1.29 bits per heavy atom. The average Bonchev–Trinajstić information content (AvgIpc) is 2.47. The SMILES string of the molecule is Cc1cc(=S)n(-c2ccc(F)cc2)[nH]1. The summed E-state index contributed by atoms with van der Waals surface area (Å²) in [7, 11) is 0. The lowest BCUT2D eigenvalue weighted by molar-refractivity contribution is 0.627. The van der Waals surface area contributed by atoms with Crippen LogP contribution in [0.4, 0.5) is 4.39 Å². The van der Waals surface area contributed by atoms with E-state index in [0.717, 1.165) is 11.4 Å². The molecule has 0 spiro atoms. The van der Waals surface area contributed by atoms with Gasteiger partial charge in [-0.2, -0.15) is 0 Å². The van der Waals surface area contributed by atoms with Crippen LogP contribution in [0.5, 0.6) is 0 Å². The average molecular weight is 208 g/mol. The number of aromatic nitrogens is 2. The molecule has 72 valence electrons. The minimum atomic E-state index is -0.247. The predicted molar refractivity (Wildman–Crippen MR) is 55.6 cm³/mol. The van der Waals surface area contributed by atoms with Crippen molar-refractivity contribution in [3.05, 3.63) is 46.5 Å². The highest BCUT2D eigenvalue weighted by molar-refractivity contribution is 7.71. The maximum Gasteiger partial charge on any atom is 0.127 e. The Balaban J connectivity index is 2.54. The maximum absolute atomic E-state index is 12.7. The van der Waals surface area contributed by atoms with Gasteiger partial charge < -0.3 is 0 Å². The first-order chi connectivity index (χ1) is 6.66. The van der Waals surface area contributed by atoms with E-state index in [9.17, 15) is 4.39 Å². The third kappa shape index (κ3) is 1.61. The van der Waals surface area contributed by atoms with Crippen molar-refractivity contribution in [3.8, 4) is 5.69 Å². The number of aryl methyl sites for hydroxylation is 1. The van der Waals surface area contributed by atoms with Crippen LogP contribution in [0.15, 0.2) is 30.3 Å². The van der Waals surface area contributed by atoms with Gasteiger partial charge in [0.2, 0.25) is 0 Å². The zero-order valence-electron chi connectivity index (χ0n) is 7.62. The minimum absolute atomic E-state index is 0.247. The lowest BCUT2D eigenvalue weighted by Gasteiger charge is -2.01. The molecule has 1 aromatic heterocycles. The highest BCUT2D eigenvalue weighted by atomic mass is 32.1. The highest BCUT2D eigenvalue weighted by Gasteiger charge is 1.99. The second-order valence-corrected chi connectivity index (χ2v) is 3.51. The molecular formula is C10H9FN2S. The number of aromatic amines is 1. The molecule has 2 aromatic rings. The molecule has 0 atom stereocenters. The van der Waals surface area contributed by atoms with E-state index < -0.39 is 0 Å². The van der Waals surface area contributed by atoms with Crippen molar-refractivity contribution in [1.29, 1.82) is 0 Å². The van der Waals surface area contributed by atoms with Crippen molar-refractivity contribution in [2.75, 3.05) is 0 Å². The van der Waals surface area contributed by atoms with Crippen molar-refractivity contribution >= 4 is 12.2 Å². The zero-order valence-corrected chi connectivity index (χ0v) is 8.44. The van der Waals surface area contributed by atoms with Gasteiger partial charge in [0.05, 0.1) is 5.69 Å². The van der Waals surface area contributed by atoms with E-state index in [1.54, 1.807) is 16.8 Å². The molecule has 2 nitrogen and oxygen atoms in total. The molecule has 1 N–H and O–H groups in total. The molecule has 14 heavy (non-hydrogen) atoms. The maximum atomic E-state index is 12.7. The molecular weight excluding hydrogens is 199 g/mol. The first-order valence-electron chi connectivity index (χ1n) is 4.21. The first kappa shape index (κ1) is 9.15. The summed E-state index contributed by atoms with van der Waals surface area (Å²) in [4.78, 5) is 0. The van der Waals surface area contributed by atoms with Crippen LogP contribution in [0.3, 0.4) is 0 Å². The Labute approximate surface area is 86.0 Å². The van der Waals surface area contributed by atoms with Crippen molar-refractivity contribution in [1.82, 2.24) is 9.78 Å². The molecule has 2 rings (SSSR count). The highest BCUT2D eigenvalue weighted by Crippen LogP contribution is 2.09. The molecule has 0 amide bonds. The lowest BCUT2D eigenvalue weighted by atomic mass is 10.3. The molecule has 0 aliphatic carbocycles. The lowest BCUT2D eigenvalue weighted by Crippen LogP contribution is -1.96. The molecule has 0 bridgehead atoms. The van der Waals surface area contributed by atoms with E-state index in [1.165, 1.54) is 12.1 Å². The fourth-order valence-corrected chi connectivity index (χ4v) is 1.62. The molecule has 0 aliphatic rings. The standard InChI is InChI=1S/C10H9FN2S/c1-7-6-10(14)13(12-7)9-4-2-8(11)3-5-9/h2-6,12H,1H3. The molecule has 0 radical (unpaired) electrons. The van der Waals surface area contributed by atoms with Crippen molar-refractivity contribution in [3.63, 3.8) is 0 Å². The van der Waals surface area contributed by atoms with Gasteiger partial charge in [-0.1, -0.05) is 12.2 Å². The van der Waals surface area contributed by atoms with Crippen LogP contribution in [-0.4, -0.2) is 9.78 Å². The second-order valence-electron chi connectivity index (χ2n) is 3.09. The van der Waals surface area contributed by atoms with E-state index >= 15 is 0 Å². The molecule has 0 saturated heterocycles. The summed E-state index contributed by atoms with van der Waals surface area (Å²) in [6.07, 6.45) is 0. The Morgan fingerprint density at radius 3 is 2.43 bits per heavy atom. The van der Waals surface area contributed by atoms with Crippen LogP contribution in [0.25, 0.3) is 5.69 Å². The third-order valence-electron chi connectivity index (χ3n) is 1.93. The van der Waals surface area contributed by atoms with Crippen LogP contribution in [-0.2, 0) is 0 Å².